The summed E-state index contributed by atoms with van der Waals surface area (Å²) in [6, 6.07) is 21.2. The molecule has 5 aromatic rings. The summed E-state index contributed by atoms with van der Waals surface area (Å²) in [7, 11) is 0. The summed E-state index contributed by atoms with van der Waals surface area (Å²) in [4.78, 5) is 38.4. The lowest BCUT2D eigenvalue weighted by Gasteiger charge is -2.41. The largest absolute Gasteiger partial charge is 0.571 e. The van der Waals surface area contributed by atoms with Gasteiger partial charge in [-0.15, -0.1) is 0 Å². The Morgan fingerprint density at radius 3 is 1.13 bits per heavy atom. The maximum absolute atomic E-state index is 12.9. The molecule has 5 aliphatic rings. The number of phenols is 5. The SMILES string of the molecule is O=C(/C=C/c1ccc(O)cc1)OC[C@@H]1O[C@@H](Oc2cc(O)c3c(c2)[OH+]C(c2cc(O[C@@H]4O[C@H](COC(=O)/C=C/c5ccc(O)cc5)[C@@H](O)[C@@H](O)[C@@H]4O)c(O)c(O[C@@H]4O[C@H](COC(=O)/C=C/c5ccc(O)cc5)[C@@H](O)[C@H](O)[C@H]4O)c2)C(O[C@@H]2O[C@H](CO)[C@@H](O)[C@H](O)[C@H]2O)=C3)[C@H](O)[C@@H](O)[C@@H]1O. The Labute approximate surface area is 559 Å². The average Bonchev–Trinajstić information content (AvgIpc) is 0.765. The molecule has 5 aromatic carbocycles. The number of carbonyl (C=O) groups excluding carboxylic acids is 3. The van der Waals surface area contributed by atoms with Crippen LogP contribution in [0.1, 0.15) is 33.9 Å². The molecule has 0 aliphatic carbocycles. The Bertz CT molecular complexity index is 3600. The number of fused-ring (bicyclic) bond motifs is 1. The third-order valence-electron chi connectivity index (χ3n) is 16.2. The lowest BCUT2D eigenvalue weighted by atomic mass is 9.98. The number of hydrogen-bond acceptors (Lipinski definition) is 32. The molecule has 0 radical (unpaired) electrons. The van der Waals surface area contributed by atoms with E-state index in [0.29, 0.717) is 16.7 Å². The lowest BCUT2D eigenvalue weighted by Crippen LogP contribution is -2.60. The Morgan fingerprint density at radius 1 is 0.414 bits per heavy atom. The van der Waals surface area contributed by atoms with Crippen molar-refractivity contribution in [2.75, 3.05) is 26.4 Å². The number of esters is 3. The standard InChI is InChI=1S/C66H70O33/c67-24-42-50(76)54(80)59(85)66(96-42)95-41-23-36-37(71)21-35(91-63-58(84)55(81)51(77)43(97-63)25-88-46(72)16-7-28-1-10-32(68)11-2-28)22-38(36)92-62(41)31-19-39(93-64-60(86)56(82)52(78)44(98-64)26-89-47(73)17-8-29-3-12-33(69)13-4-29)49(75)40(20-31)94-65-61(87)57(83)53(79)45(99-65)27-90-48(74)18-9-30-5-14-34(70)15-6-30/h1-23,42-45,50-71,75-87H,24-27H2/p+1/b16-7+,17-8+,18-9+/t42-,43+,44-,45-,50-,51-,52-,53-,54+,55+,56-,57+,58-,59-,60+,61-,62?,63-,64-,65-,66-/m1/s1. The fourth-order valence-corrected chi connectivity index (χ4v) is 10.6. The molecule has 33 heteroatoms. The van der Waals surface area contributed by atoms with E-state index in [4.69, 9.17) is 56.8 Å². The van der Waals surface area contributed by atoms with E-state index in [9.17, 15) is 106 Å². The Morgan fingerprint density at radius 2 is 0.758 bits per heavy atom. The van der Waals surface area contributed by atoms with Gasteiger partial charge in [-0.3, -0.25) is 0 Å². The molecule has 10 rings (SSSR count). The first kappa shape index (κ1) is 72.5. The number of hydrogen-bond donors (Lipinski definition) is 18. The Balaban J connectivity index is 0.980. The van der Waals surface area contributed by atoms with Crippen LogP contribution in [0.15, 0.2) is 121 Å². The van der Waals surface area contributed by atoms with Gasteiger partial charge < -0.3 is 149 Å². The fourth-order valence-electron chi connectivity index (χ4n) is 10.6. The van der Waals surface area contributed by atoms with Crippen LogP contribution in [0.5, 0.6) is 51.7 Å². The minimum atomic E-state index is -2.22. The quantitative estimate of drug-likeness (QED) is 0.0150. The van der Waals surface area contributed by atoms with Crippen LogP contribution < -0.4 is 14.2 Å². The van der Waals surface area contributed by atoms with E-state index in [1.165, 1.54) is 91.0 Å². The van der Waals surface area contributed by atoms with Crippen LogP contribution in [0.4, 0.5) is 0 Å². The van der Waals surface area contributed by atoms with Gasteiger partial charge in [0.2, 0.25) is 30.9 Å². The van der Waals surface area contributed by atoms with E-state index >= 15 is 0 Å². The molecule has 1 unspecified atom stereocenters. The first-order valence-electron chi connectivity index (χ1n) is 30.4. The predicted octanol–water partition coefficient (Wildman–Crippen LogP) is -2.30. The molecule has 99 heavy (non-hydrogen) atoms. The Kier molecular flexibility index (Phi) is 23.3. The van der Waals surface area contributed by atoms with Crippen LogP contribution in [0, 0.1) is 0 Å². The van der Waals surface area contributed by atoms with Crippen molar-refractivity contribution in [3.8, 4) is 51.7 Å². The molecule has 4 fully saturated rings. The number of benzene rings is 5. The van der Waals surface area contributed by atoms with Gasteiger partial charge in [-0.2, -0.15) is 0 Å². The maximum Gasteiger partial charge on any atom is 0.330 e. The van der Waals surface area contributed by atoms with Gasteiger partial charge in [0, 0.05) is 30.4 Å². The second-order valence-corrected chi connectivity index (χ2v) is 23.2. The number of carbonyl (C=O) groups is 3. The lowest BCUT2D eigenvalue weighted by molar-refractivity contribution is -0.295. The van der Waals surface area contributed by atoms with Gasteiger partial charge in [-0.05, 0) is 83.4 Å². The molecule has 19 N–H and O–H groups in total. The van der Waals surface area contributed by atoms with E-state index in [2.05, 4.69) is 0 Å². The van der Waals surface area contributed by atoms with Crippen molar-refractivity contribution in [1.29, 1.82) is 0 Å². The number of aliphatic hydroxyl groups is 14. The van der Waals surface area contributed by atoms with Crippen molar-refractivity contribution in [2.24, 2.45) is 0 Å². The molecule has 5 aliphatic heterocycles. The summed E-state index contributed by atoms with van der Waals surface area (Å²) >= 11 is 0. The highest BCUT2D eigenvalue weighted by Gasteiger charge is 2.51. The highest BCUT2D eigenvalue weighted by molar-refractivity contribution is 5.88. The monoisotopic (exact) mass is 1390 g/mol. The summed E-state index contributed by atoms with van der Waals surface area (Å²) in [6.07, 6.45) is -33.0. The van der Waals surface area contributed by atoms with Crippen molar-refractivity contribution in [3.63, 3.8) is 0 Å². The highest BCUT2D eigenvalue weighted by Crippen LogP contribution is 2.50. The van der Waals surface area contributed by atoms with Crippen LogP contribution in [-0.2, 0) is 52.3 Å². The molecular weight excluding hydrogens is 1320 g/mol. The van der Waals surface area contributed by atoms with Gasteiger partial charge in [-0.25, -0.2) is 14.4 Å². The summed E-state index contributed by atoms with van der Waals surface area (Å²) in [6.45, 7) is -3.27. The molecule has 0 aromatic heterocycles. The third-order valence-corrected chi connectivity index (χ3v) is 16.2. The van der Waals surface area contributed by atoms with Gasteiger partial charge in [-0.1, -0.05) is 36.4 Å². The van der Waals surface area contributed by atoms with E-state index in [-0.39, 0.29) is 39.9 Å². The van der Waals surface area contributed by atoms with Gasteiger partial charge in [0.25, 0.3) is 11.9 Å². The van der Waals surface area contributed by atoms with Crippen LogP contribution in [0.2, 0.25) is 0 Å². The molecule has 5 heterocycles. The van der Waals surface area contributed by atoms with E-state index in [1.807, 2.05) is 0 Å². The van der Waals surface area contributed by atoms with Crippen molar-refractivity contribution < 1.29 is 163 Å². The summed E-state index contributed by atoms with van der Waals surface area (Å²) < 4.78 is 67.9. The minimum Gasteiger partial charge on any atom is -0.571 e. The summed E-state index contributed by atoms with van der Waals surface area (Å²) in [5.74, 6) is -7.54. The zero-order valence-electron chi connectivity index (χ0n) is 51.4. The van der Waals surface area contributed by atoms with Crippen LogP contribution in [0.25, 0.3) is 24.3 Å². The van der Waals surface area contributed by atoms with Crippen molar-refractivity contribution in [2.45, 2.75) is 129 Å². The van der Waals surface area contributed by atoms with Gasteiger partial charge in [0.1, 0.15) is 152 Å². The van der Waals surface area contributed by atoms with Gasteiger partial charge >= 0.3 is 17.9 Å². The number of rotatable bonds is 22. The van der Waals surface area contributed by atoms with E-state index in [1.54, 1.807) is 0 Å². The average molecular weight is 1390 g/mol. The molecule has 0 saturated carbocycles. The Hall–Kier alpha value is -9.21. The fraction of sp³-hybridized carbons (Fsp3) is 0.379. The molecule has 0 bridgehead atoms. The molecular formula is C66H71O33+. The second kappa shape index (κ2) is 31.8. The number of ether oxygens (including phenoxy) is 12. The number of phenolic OH excluding ortho intramolecular Hbond substituents is 5. The highest BCUT2D eigenvalue weighted by atomic mass is 16.7. The number of aliphatic hydroxyl groups excluding tert-OH is 13. The zero-order valence-corrected chi connectivity index (χ0v) is 51.4. The van der Waals surface area contributed by atoms with E-state index < -0.39 is 202 Å². The molecule has 33 nitrogen and oxygen atoms in total. The first-order chi connectivity index (χ1) is 47.2. The molecule has 4 saturated heterocycles. The smallest absolute Gasteiger partial charge is 0.330 e. The second-order valence-electron chi connectivity index (χ2n) is 23.2. The van der Waals surface area contributed by atoms with Crippen molar-refractivity contribution >= 4 is 42.2 Å². The maximum atomic E-state index is 12.9. The predicted molar refractivity (Wildman–Crippen MR) is 330 cm³/mol. The van der Waals surface area contributed by atoms with Crippen LogP contribution >= 0.6 is 0 Å². The van der Waals surface area contributed by atoms with Gasteiger partial charge in [0.15, 0.2) is 17.3 Å². The van der Waals surface area contributed by atoms with E-state index in [0.717, 1.165) is 48.6 Å². The molecule has 21 atom stereocenters. The van der Waals surface area contributed by atoms with Gasteiger partial charge in [0.05, 0.1) is 18.2 Å². The first-order valence-corrected chi connectivity index (χ1v) is 30.4. The molecule has 532 valence electrons. The minimum absolute atomic E-state index is 0.0232. The van der Waals surface area contributed by atoms with Crippen LogP contribution in [0.3, 0.4) is 0 Å². The normalized spacial score (nSPS) is 31.5. The van der Waals surface area contributed by atoms with Crippen LogP contribution in [-0.4, -0.2) is 264 Å². The summed E-state index contributed by atoms with van der Waals surface area (Å²) in [5.41, 5.74) is 0.915. The topological polar surface area (TPSA) is 530 Å². The zero-order chi connectivity index (χ0) is 71.1. The van der Waals surface area contributed by atoms with Crippen molar-refractivity contribution in [3.05, 3.63) is 149 Å². The van der Waals surface area contributed by atoms with Crippen molar-refractivity contribution in [1.82, 2.24) is 0 Å². The number of aromatic hydroxyl groups is 6. The molecule has 0 amide bonds. The summed E-state index contributed by atoms with van der Waals surface area (Å²) in [5, 5.41) is 196. The molecule has 0 spiro atoms. The third kappa shape index (κ3) is 17.3.